The molecule has 0 bridgehead atoms. The van der Waals surface area contributed by atoms with Gasteiger partial charge in [0.05, 0.1) is 11.6 Å². The molecule has 0 saturated carbocycles. The molecule has 0 spiro atoms. The summed E-state index contributed by atoms with van der Waals surface area (Å²) >= 11 is 0. The van der Waals surface area contributed by atoms with E-state index < -0.39 is 0 Å². The van der Waals surface area contributed by atoms with Crippen molar-refractivity contribution < 1.29 is 0 Å². The molecule has 1 atom stereocenters. The van der Waals surface area contributed by atoms with E-state index in [0.29, 0.717) is 12.1 Å². The Hall–Kier alpha value is -1.37. The smallest absolute Gasteiger partial charge is 0.0995 e. The van der Waals surface area contributed by atoms with Crippen molar-refractivity contribution in [1.82, 2.24) is 0 Å². The number of benzene rings is 1. The molecule has 0 aliphatic carbocycles. The molecule has 3 nitrogen and oxygen atoms in total. The number of nitrogens with two attached hydrogens (primary N) is 2. The van der Waals surface area contributed by atoms with Crippen molar-refractivity contribution in [3.63, 3.8) is 0 Å². The summed E-state index contributed by atoms with van der Waals surface area (Å²) in [5.41, 5.74) is 12.9. The lowest BCUT2D eigenvalue weighted by molar-refractivity contribution is 0.617. The molecule has 0 aliphatic rings. The fourth-order valence-corrected chi connectivity index (χ4v) is 1.42. The Kier molecular flexibility index (Phi) is 4.11. The lowest BCUT2D eigenvalue weighted by Crippen LogP contribution is -2.13. The summed E-state index contributed by atoms with van der Waals surface area (Å²) < 4.78 is 0. The first kappa shape index (κ1) is 10.7. The number of nitriles is 1. The number of nitrogens with zero attached hydrogens (tertiary/aromatic N) is 1. The van der Waals surface area contributed by atoms with Gasteiger partial charge in [-0.25, -0.2) is 0 Å². The maximum Gasteiger partial charge on any atom is 0.0995 e. The van der Waals surface area contributed by atoms with E-state index in [9.17, 15) is 0 Å². The Morgan fingerprint density at radius 1 is 1.36 bits per heavy atom. The molecule has 0 fully saturated rings. The van der Waals surface area contributed by atoms with Crippen LogP contribution in [-0.2, 0) is 0 Å². The van der Waals surface area contributed by atoms with Gasteiger partial charge in [0.15, 0.2) is 0 Å². The topological polar surface area (TPSA) is 75.8 Å². The largest absolute Gasteiger partial charge is 0.330 e. The van der Waals surface area contributed by atoms with Gasteiger partial charge in [-0.2, -0.15) is 5.26 Å². The third-order valence-corrected chi connectivity index (χ3v) is 2.20. The Bertz CT molecular complexity index is 328. The van der Waals surface area contributed by atoms with Crippen molar-refractivity contribution in [2.75, 3.05) is 6.54 Å². The van der Waals surface area contributed by atoms with Gasteiger partial charge in [-0.15, -0.1) is 0 Å². The first-order chi connectivity index (χ1) is 6.79. The van der Waals surface area contributed by atoms with Gasteiger partial charge in [0, 0.05) is 6.04 Å². The zero-order chi connectivity index (χ0) is 10.4. The summed E-state index contributed by atoms with van der Waals surface area (Å²) in [4.78, 5) is 0. The molecule has 74 valence electrons. The van der Waals surface area contributed by atoms with Crippen LogP contribution in [0.2, 0.25) is 0 Å². The molecule has 14 heavy (non-hydrogen) atoms. The fourth-order valence-electron chi connectivity index (χ4n) is 1.42. The Labute approximate surface area is 84.3 Å². The minimum Gasteiger partial charge on any atom is -0.330 e. The predicted molar refractivity (Wildman–Crippen MR) is 56.4 cm³/mol. The highest BCUT2D eigenvalue weighted by Crippen LogP contribution is 2.18. The van der Waals surface area contributed by atoms with E-state index >= 15 is 0 Å². The van der Waals surface area contributed by atoms with Crippen molar-refractivity contribution in [3.8, 4) is 6.07 Å². The van der Waals surface area contributed by atoms with Crippen LogP contribution in [0.4, 0.5) is 0 Å². The molecule has 0 saturated heterocycles. The van der Waals surface area contributed by atoms with E-state index in [1.54, 1.807) is 6.07 Å². The number of hydrogen-bond acceptors (Lipinski definition) is 3. The van der Waals surface area contributed by atoms with Crippen molar-refractivity contribution in [2.45, 2.75) is 18.9 Å². The maximum atomic E-state index is 8.86. The van der Waals surface area contributed by atoms with Gasteiger partial charge in [0.25, 0.3) is 0 Å². The second-order valence-corrected chi connectivity index (χ2v) is 3.24. The minimum absolute atomic E-state index is 0.0746. The maximum absolute atomic E-state index is 8.86. The molecule has 0 aromatic heterocycles. The second kappa shape index (κ2) is 5.38. The van der Waals surface area contributed by atoms with Crippen LogP contribution in [-0.4, -0.2) is 6.54 Å². The molecule has 0 radical (unpaired) electrons. The average molecular weight is 189 g/mol. The van der Waals surface area contributed by atoms with E-state index in [-0.39, 0.29) is 6.04 Å². The summed E-state index contributed by atoms with van der Waals surface area (Å²) in [5, 5.41) is 8.86. The van der Waals surface area contributed by atoms with E-state index in [2.05, 4.69) is 6.07 Å². The highest BCUT2D eigenvalue weighted by Gasteiger charge is 2.09. The minimum atomic E-state index is -0.0746. The summed E-state index contributed by atoms with van der Waals surface area (Å²) in [5.74, 6) is 0. The van der Waals surface area contributed by atoms with Crippen LogP contribution in [0.1, 0.15) is 30.0 Å². The van der Waals surface area contributed by atoms with E-state index in [1.807, 2.05) is 18.2 Å². The normalized spacial score (nSPS) is 12.1. The predicted octanol–water partition coefficient (Wildman–Crippen LogP) is 1.30. The molecule has 1 rings (SSSR count). The molecular weight excluding hydrogens is 174 g/mol. The summed E-state index contributed by atoms with van der Waals surface area (Å²) in [6.45, 7) is 0.641. The summed E-state index contributed by atoms with van der Waals surface area (Å²) in [6.07, 6.45) is 1.72. The molecule has 1 aromatic carbocycles. The first-order valence-corrected chi connectivity index (χ1v) is 4.74. The van der Waals surface area contributed by atoms with Gasteiger partial charge in [-0.3, -0.25) is 0 Å². The quantitative estimate of drug-likeness (QED) is 0.749. The molecule has 0 aliphatic heterocycles. The van der Waals surface area contributed by atoms with Crippen LogP contribution in [0.15, 0.2) is 24.3 Å². The monoisotopic (exact) mass is 189 g/mol. The highest BCUT2D eigenvalue weighted by molar-refractivity contribution is 5.39. The van der Waals surface area contributed by atoms with Crippen molar-refractivity contribution in [2.24, 2.45) is 11.5 Å². The van der Waals surface area contributed by atoms with Crippen LogP contribution < -0.4 is 11.5 Å². The van der Waals surface area contributed by atoms with Gasteiger partial charge in [-0.05, 0) is 31.0 Å². The van der Waals surface area contributed by atoms with E-state index in [4.69, 9.17) is 16.7 Å². The molecule has 0 unspecified atom stereocenters. The summed E-state index contributed by atoms with van der Waals surface area (Å²) in [7, 11) is 0. The van der Waals surface area contributed by atoms with E-state index in [0.717, 1.165) is 18.4 Å². The Balaban J connectivity index is 2.79. The summed E-state index contributed by atoms with van der Waals surface area (Å²) in [6, 6.07) is 9.51. The molecule has 0 amide bonds. The third-order valence-electron chi connectivity index (χ3n) is 2.20. The molecule has 1 aromatic rings. The Morgan fingerprint density at radius 2 is 2.07 bits per heavy atom. The standard InChI is InChI=1S/C11H15N3/c12-7-3-6-11(14)10-5-2-1-4-9(10)8-13/h1-2,4-5,11H,3,6-7,12,14H2/t11-/m1/s1. The van der Waals surface area contributed by atoms with Gasteiger partial charge in [-0.1, -0.05) is 18.2 Å². The lowest BCUT2D eigenvalue weighted by atomic mass is 9.98. The number of hydrogen-bond donors (Lipinski definition) is 2. The number of rotatable bonds is 4. The van der Waals surface area contributed by atoms with Gasteiger partial charge < -0.3 is 11.5 Å². The van der Waals surface area contributed by atoms with Crippen LogP contribution in [0, 0.1) is 11.3 Å². The fraction of sp³-hybridized carbons (Fsp3) is 0.364. The van der Waals surface area contributed by atoms with Crippen molar-refractivity contribution >= 4 is 0 Å². The lowest BCUT2D eigenvalue weighted by Gasteiger charge is -2.12. The molecular formula is C11H15N3. The SMILES string of the molecule is N#Cc1ccccc1[C@H](N)CCCN. The molecule has 4 N–H and O–H groups in total. The van der Waals surface area contributed by atoms with Crippen LogP contribution in [0.25, 0.3) is 0 Å². The van der Waals surface area contributed by atoms with Gasteiger partial charge >= 0.3 is 0 Å². The van der Waals surface area contributed by atoms with Gasteiger partial charge in [0.1, 0.15) is 0 Å². The van der Waals surface area contributed by atoms with Crippen molar-refractivity contribution in [1.29, 1.82) is 5.26 Å². The van der Waals surface area contributed by atoms with Gasteiger partial charge in [0.2, 0.25) is 0 Å². The first-order valence-electron chi connectivity index (χ1n) is 4.74. The van der Waals surface area contributed by atoms with Crippen LogP contribution in [0.3, 0.4) is 0 Å². The van der Waals surface area contributed by atoms with E-state index in [1.165, 1.54) is 0 Å². The zero-order valence-electron chi connectivity index (χ0n) is 8.11. The zero-order valence-corrected chi connectivity index (χ0v) is 8.11. The van der Waals surface area contributed by atoms with Crippen molar-refractivity contribution in [3.05, 3.63) is 35.4 Å². The van der Waals surface area contributed by atoms with Crippen LogP contribution >= 0.6 is 0 Å². The molecule has 0 heterocycles. The second-order valence-electron chi connectivity index (χ2n) is 3.24. The Morgan fingerprint density at radius 3 is 2.71 bits per heavy atom. The third kappa shape index (κ3) is 2.56. The highest BCUT2D eigenvalue weighted by atomic mass is 14.6. The average Bonchev–Trinajstić information content (AvgIpc) is 2.25. The van der Waals surface area contributed by atoms with Crippen LogP contribution in [0.5, 0.6) is 0 Å². The molecule has 3 heteroatoms.